The summed E-state index contributed by atoms with van der Waals surface area (Å²) in [5.74, 6) is -0.472. The molecule has 0 bridgehead atoms. The number of thioether (sulfide) groups is 1. The molecule has 0 radical (unpaired) electrons. The zero-order chi connectivity index (χ0) is 20.8. The Balaban J connectivity index is 1.96. The van der Waals surface area contributed by atoms with Gasteiger partial charge in [0.25, 0.3) is 5.69 Å². The lowest BCUT2D eigenvalue weighted by Gasteiger charge is -2.30. The summed E-state index contributed by atoms with van der Waals surface area (Å²) in [6, 6.07) is 4.45. The largest absolute Gasteiger partial charge is 0.477 e. The fraction of sp³-hybridized carbons (Fsp3) is 0.389. The van der Waals surface area contributed by atoms with Crippen LogP contribution in [0.25, 0.3) is 6.08 Å². The first-order valence-electron chi connectivity index (χ1n) is 9.13. The van der Waals surface area contributed by atoms with Crippen LogP contribution in [-0.4, -0.2) is 57.5 Å². The molecule has 1 aliphatic heterocycles. The normalized spacial score (nSPS) is 14.8. The van der Waals surface area contributed by atoms with Crippen molar-refractivity contribution in [2.75, 3.05) is 31.2 Å². The van der Waals surface area contributed by atoms with Crippen LogP contribution in [0.15, 0.2) is 28.3 Å². The van der Waals surface area contributed by atoms with E-state index in [-0.39, 0.29) is 10.6 Å². The molecule has 1 aromatic heterocycles. The van der Waals surface area contributed by atoms with Crippen LogP contribution in [0.4, 0.5) is 11.4 Å². The van der Waals surface area contributed by atoms with Gasteiger partial charge in [-0.3, -0.25) is 15.2 Å². The van der Waals surface area contributed by atoms with E-state index in [4.69, 9.17) is 4.74 Å². The third-order valence-corrected chi connectivity index (χ3v) is 5.15. The minimum absolute atomic E-state index is 0.0259. The van der Waals surface area contributed by atoms with Gasteiger partial charge in [0, 0.05) is 42.9 Å². The zero-order valence-corrected chi connectivity index (χ0v) is 16.6. The molecule has 2 aromatic rings. The Kier molecular flexibility index (Phi) is 6.83. The summed E-state index contributed by atoms with van der Waals surface area (Å²) >= 11 is 0.903. The average Bonchev–Trinajstić information content (AvgIpc) is 3.15. The Morgan fingerprint density at radius 3 is 2.86 bits per heavy atom. The summed E-state index contributed by atoms with van der Waals surface area (Å²) in [7, 11) is 0. The van der Waals surface area contributed by atoms with E-state index >= 15 is 0 Å². The second kappa shape index (κ2) is 9.52. The van der Waals surface area contributed by atoms with Gasteiger partial charge in [-0.25, -0.2) is 9.78 Å². The average molecular weight is 419 g/mol. The van der Waals surface area contributed by atoms with Gasteiger partial charge in [0.05, 0.1) is 18.1 Å². The van der Waals surface area contributed by atoms with Gasteiger partial charge < -0.3 is 14.7 Å². The molecule has 0 amide bonds. The number of aryl methyl sites for hydroxylation is 1. The van der Waals surface area contributed by atoms with Crippen LogP contribution in [-0.2, 0) is 16.0 Å². The number of carboxylic acid groups (broad SMARTS) is 1. The summed E-state index contributed by atoms with van der Waals surface area (Å²) in [6.07, 6.45) is 3.03. The maximum absolute atomic E-state index is 11.8. The van der Waals surface area contributed by atoms with Crippen molar-refractivity contribution in [2.24, 2.45) is 0 Å². The van der Waals surface area contributed by atoms with Crippen molar-refractivity contribution in [2.45, 2.75) is 24.9 Å². The lowest BCUT2D eigenvalue weighted by atomic mass is 10.1. The molecule has 0 spiro atoms. The molecule has 1 aliphatic rings. The van der Waals surface area contributed by atoms with Gasteiger partial charge in [-0.1, -0.05) is 6.92 Å². The highest BCUT2D eigenvalue weighted by Crippen LogP contribution is 2.32. The molecule has 2 N–H and O–H groups in total. The summed E-state index contributed by atoms with van der Waals surface area (Å²) in [6.45, 7) is 4.33. The number of H-pyrrole nitrogens is 1. The quantitative estimate of drug-likeness (QED) is 0.286. The smallest absolute Gasteiger partial charge is 0.342 e. The second-order valence-electron chi connectivity index (χ2n) is 6.33. The molecule has 0 atom stereocenters. The van der Waals surface area contributed by atoms with E-state index in [9.17, 15) is 20.0 Å². The van der Waals surface area contributed by atoms with E-state index in [0.717, 1.165) is 23.9 Å². The second-order valence-corrected chi connectivity index (χ2v) is 7.34. The van der Waals surface area contributed by atoms with Gasteiger partial charge in [-0.05, 0) is 30.3 Å². The number of rotatable bonds is 8. The maximum atomic E-state index is 11.8. The fourth-order valence-electron chi connectivity index (χ4n) is 2.91. The number of carbonyl (C=O) groups is 1. The summed E-state index contributed by atoms with van der Waals surface area (Å²) in [5.41, 5.74) is 1.07. The number of nitrogens with zero attached hydrogens (tertiary/aromatic N) is 4. The molecule has 3 rings (SSSR count). The van der Waals surface area contributed by atoms with Crippen molar-refractivity contribution in [3.63, 3.8) is 0 Å². The maximum Gasteiger partial charge on any atom is 0.342 e. The number of carboxylic acids is 1. The van der Waals surface area contributed by atoms with Crippen molar-refractivity contribution in [3.8, 4) is 0 Å². The Bertz CT molecular complexity index is 923. The molecule has 11 heteroatoms. The van der Waals surface area contributed by atoms with Crippen LogP contribution in [0, 0.1) is 10.1 Å². The number of ether oxygens (including phenoxy) is 1. The van der Waals surface area contributed by atoms with Crippen molar-refractivity contribution in [3.05, 3.63) is 44.6 Å². The lowest BCUT2D eigenvalue weighted by molar-refractivity contribution is -0.384. The van der Waals surface area contributed by atoms with E-state index < -0.39 is 10.9 Å². The first kappa shape index (κ1) is 20.8. The number of nitrogens with one attached hydrogen (secondary N) is 1. The van der Waals surface area contributed by atoms with Crippen LogP contribution < -0.4 is 4.90 Å². The summed E-state index contributed by atoms with van der Waals surface area (Å²) < 4.78 is 5.36. The van der Waals surface area contributed by atoms with Crippen LogP contribution in [0.3, 0.4) is 0 Å². The molecule has 1 fully saturated rings. The van der Waals surface area contributed by atoms with Gasteiger partial charge in [-0.15, -0.1) is 5.10 Å². The SMILES string of the molecule is CCCc1nc(S/C(=C\c2cc([N+](=O)[O-])ccc2N2CCOCC2)C(=O)O)n[nH]1. The lowest BCUT2D eigenvalue weighted by Crippen LogP contribution is -2.36. The Labute approximate surface area is 171 Å². The Morgan fingerprint density at radius 2 is 2.21 bits per heavy atom. The van der Waals surface area contributed by atoms with E-state index in [1.165, 1.54) is 18.2 Å². The monoisotopic (exact) mass is 419 g/mol. The number of nitro groups is 1. The van der Waals surface area contributed by atoms with Gasteiger partial charge in [0.15, 0.2) is 0 Å². The van der Waals surface area contributed by atoms with Crippen LogP contribution in [0.5, 0.6) is 0 Å². The molecule has 0 aliphatic carbocycles. The molecule has 1 saturated heterocycles. The van der Waals surface area contributed by atoms with Crippen LogP contribution in [0.1, 0.15) is 24.7 Å². The molecule has 2 heterocycles. The number of hydrogen-bond donors (Lipinski definition) is 2. The van der Waals surface area contributed by atoms with Crippen molar-refractivity contribution in [1.82, 2.24) is 15.2 Å². The standard InChI is InChI=1S/C18H21N5O5S/c1-2-3-16-19-18(21-20-16)29-15(17(24)25)11-12-10-13(23(26)27)4-5-14(12)22-6-8-28-9-7-22/h4-5,10-11H,2-3,6-9H2,1H3,(H,24,25)(H,19,20,21)/b15-11-. The summed E-state index contributed by atoms with van der Waals surface area (Å²) in [5, 5.41) is 28.0. The van der Waals surface area contributed by atoms with Gasteiger partial charge in [-0.2, -0.15) is 0 Å². The number of nitro benzene ring substituents is 1. The predicted molar refractivity (Wildman–Crippen MR) is 108 cm³/mol. The number of benzene rings is 1. The topological polar surface area (TPSA) is 134 Å². The van der Waals surface area contributed by atoms with Gasteiger partial charge in [0.2, 0.25) is 5.16 Å². The van der Waals surface area contributed by atoms with E-state index in [1.807, 2.05) is 11.8 Å². The zero-order valence-electron chi connectivity index (χ0n) is 15.8. The molecule has 0 saturated carbocycles. The predicted octanol–water partition coefficient (Wildman–Crippen LogP) is 2.72. The highest BCUT2D eigenvalue weighted by Gasteiger charge is 2.20. The van der Waals surface area contributed by atoms with Crippen molar-refractivity contribution in [1.29, 1.82) is 0 Å². The highest BCUT2D eigenvalue weighted by atomic mass is 32.2. The first-order valence-corrected chi connectivity index (χ1v) is 9.95. The van der Waals surface area contributed by atoms with Gasteiger partial charge in [0.1, 0.15) is 10.7 Å². The van der Waals surface area contributed by atoms with E-state index in [1.54, 1.807) is 6.07 Å². The highest BCUT2D eigenvalue weighted by molar-refractivity contribution is 8.04. The minimum atomic E-state index is -1.16. The number of aromatic nitrogens is 3. The molecule has 10 nitrogen and oxygen atoms in total. The van der Waals surface area contributed by atoms with Crippen LogP contribution >= 0.6 is 11.8 Å². The minimum Gasteiger partial charge on any atom is -0.477 e. The molecule has 29 heavy (non-hydrogen) atoms. The summed E-state index contributed by atoms with van der Waals surface area (Å²) in [4.78, 5) is 28.8. The number of anilines is 1. The van der Waals surface area contributed by atoms with Crippen molar-refractivity contribution >= 4 is 35.2 Å². The Morgan fingerprint density at radius 1 is 1.45 bits per heavy atom. The number of hydrogen-bond acceptors (Lipinski definition) is 8. The van der Waals surface area contributed by atoms with Crippen molar-refractivity contribution < 1.29 is 19.6 Å². The fourth-order valence-corrected chi connectivity index (χ4v) is 3.63. The molecular formula is C18H21N5O5S. The molecule has 154 valence electrons. The molecular weight excluding hydrogens is 398 g/mol. The first-order chi connectivity index (χ1) is 14.0. The van der Waals surface area contributed by atoms with Crippen LogP contribution in [0.2, 0.25) is 0 Å². The van der Waals surface area contributed by atoms with E-state index in [2.05, 4.69) is 15.2 Å². The van der Waals surface area contributed by atoms with E-state index in [0.29, 0.717) is 49.3 Å². The number of morpholine rings is 1. The molecule has 1 aromatic carbocycles. The third-order valence-electron chi connectivity index (χ3n) is 4.27. The number of non-ortho nitro benzene ring substituents is 1. The van der Waals surface area contributed by atoms with Gasteiger partial charge >= 0.3 is 5.97 Å². The number of aromatic amines is 1. The number of aliphatic carboxylic acids is 1. The third kappa shape index (κ3) is 5.33. The molecule has 0 unspecified atom stereocenters. The Hall–Kier alpha value is -2.92.